The van der Waals surface area contributed by atoms with Crippen molar-refractivity contribution in [3.8, 4) is 22.8 Å². The fraction of sp³-hybridized carbons (Fsp3) is 0.346. The molecular weight excluding hydrogens is 490 g/mol. The van der Waals surface area contributed by atoms with Crippen LogP contribution in [0.1, 0.15) is 61.4 Å². The van der Waals surface area contributed by atoms with Gasteiger partial charge >= 0.3 is 0 Å². The van der Waals surface area contributed by atoms with Crippen molar-refractivity contribution >= 4 is 0 Å². The third kappa shape index (κ3) is 3.26. The van der Waals surface area contributed by atoms with Crippen LogP contribution in [-0.4, -0.2) is 36.7 Å². The van der Waals surface area contributed by atoms with Crippen LogP contribution < -0.4 is 0 Å². The van der Waals surface area contributed by atoms with Crippen molar-refractivity contribution in [3.63, 3.8) is 0 Å². The Hall–Kier alpha value is -3.73. The molecule has 1 fully saturated rings. The molecule has 0 amide bonds. The van der Waals surface area contributed by atoms with E-state index in [0.29, 0.717) is 17.8 Å². The van der Waals surface area contributed by atoms with E-state index in [1.807, 2.05) is 0 Å². The zero-order valence-corrected chi connectivity index (χ0v) is 19.8. The third-order valence-corrected chi connectivity index (χ3v) is 7.96. The first-order valence-corrected chi connectivity index (χ1v) is 11.7. The van der Waals surface area contributed by atoms with Crippen LogP contribution in [0.5, 0.6) is 0 Å². The van der Waals surface area contributed by atoms with E-state index in [1.165, 1.54) is 24.4 Å². The highest BCUT2D eigenvalue weighted by Gasteiger charge is 2.65. The summed E-state index contributed by atoms with van der Waals surface area (Å²) in [6.07, 6.45) is 0.379. The van der Waals surface area contributed by atoms with E-state index >= 15 is 0 Å². The molecule has 190 valence electrons. The van der Waals surface area contributed by atoms with Gasteiger partial charge < -0.3 is 9.52 Å². The van der Waals surface area contributed by atoms with Gasteiger partial charge in [0.15, 0.2) is 6.10 Å². The molecule has 7 nitrogen and oxygen atoms in total. The average molecular weight is 511 g/mol. The van der Waals surface area contributed by atoms with E-state index in [0.717, 1.165) is 18.2 Å². The Morgan fingerprint density at radius 2 is 1.81 bits per heavy atom. The summed E-state index contributed by atoms with van der Waals surface area (Å²) in [4.78, 5) is 13.0. The van der Waals surface area contributed by atoms with Gasteiger partial charge in [0.25, 0.3) is 6.43 Å². The number of aliphatic hydroxyl groups is 1. The number of halogens is 4. The Bertz CT molecular complexity index is 1500. The van der Waals surface area contributed by atoms with Crippen molar-refractivity contribution in [1.29, 1.82) is 0 Å². The van der Waals surface area contributed by atoms with Crippen LogP contribution in [-0.2, 0) is 5.41 Å². The van der Waals surface area contributed by atoms with E-state index in [9.17, 15) is 22.7 Å². The molecule has 6 rings (SSSR count). The summed E-state index contributed by atoms with van der Waals surface area (Å²) in [5, 5.41) is 18.3. The number of nitrogens with zero attached hydrogens (tertiary/aromatic N) is 5. The van der Waals surface area contributed by atoms with E-state index in [-0.39, 0.29) is 34.5 Å². The zero-order valence-electron chi connectivity index (χ0n) is 19.8. The summed E-state index contributed by atoms with van der Waals surface area (Å²) in [5.41, 5.74) is 0.815. The fourth-order valence-corrected chi connectivity index (χ4v) is 6.10. The lowest BCUT2D eigenvalue weighted by Crippen LogP contribution is -2.38. The Labute approximate surface area is 208 Å². The van der Waals surface area contributed by atoms with Crippen molar-refractivity contribution < 1.29 is 27.1 Å². The second-order valence-corrected chi connectivity index (χ2v) is 9.99. The molecule has 1 N–H and O–H groups in total. The molecule has 2 aliphatic rings. The molecule has 37 heavy (non-hydrogen) atoms. The van der Waals surface area contributed by atoms with Crippen molar-refractivity contribution in [2.24, 2.45) is 5.41 Å². The van der Waals surface area contributed by atoms with Crippen LogP contribution in [0.15, 0.2) is 47.3 Å². The largest absolute Gasteiger partial charge is 0.443 e. The van der Waals surface area contributed by atoms with Gasteiger partial charge in [-0.3, -0.25) is 4.98 Å². The molecule has 0 aliphatic heterocycles. The number of hydrogen-bond acceptors (Lipinski definition) is 7. The quantitative estimate of drug-likeness (QED) is 0.360. The first-order valence-electron chi connectivity index (χ1n) is 11.7. The van der Waals surface area contributed by atoms with Crippen LogP contribution >= 0.6 is 0 Å². The maximum absolute atomic E-state index is 14.5. The van der Waals surface area contributed by atoms with Crippen LogP contribution in [0.25, 0.3) is 22.8 Å². The van der Waals surface area contributed by atoms with Gasteiger partial charge in [0, 0.05) is 6.20 Å². The number of benzene rings is 1. The zero-order chi connectivity index (χ0) is 26.1. The number of oxazole rings is 1. The van der Waals surface area contributed by atoms with Crippen molar-refractivity contribution in [3.05, 3.63) is 77.2 Å². The van der Waals surface area contributed by atoms with Gasteiger partial charge in [0.2, 0.25) is 5.89 Å². The molecule has 3 atom stereocenters. The first kappa shape index (κ1) is 23.7. The van der Waals surface area contributed by atoms with Crippen LogP contribution in [0.4, 0.5) is 17.6 Å². The Morgan fingerprint density at radius 1 is 1.05 bits per heavy atom. The monoisotopic (exact) mass is 511 g/mol. The fourth-order valence-electron chi connectivity index (χ4n) is 6.10. The number of alkyl halides is 2. The molecule has 1 unspecified atom stereocenters. The van der Waals surface area contributed by atoms with Gasteiger partial charge in [-0.15, -0.1) is 5.10 Å². The predicted molar refractivity (Wildman–Crippen MR) is 122 cm³/mol. The molecule has 4 aromatic rings. The van der Waals surface area contributed by atoms with Gasteiger partial charge in [-0.2, -0.15) is 5.10 Å². The van der Waals surface area contributed by atoms with Gasteiger partial charge in [-0.25, -0.2) is 27.5 Å². The summed E-state index contributed by atoms with van der Waals surface area (Å²) in [6.45, 7) is 4.18. The van der Waals surface area contributed by atoms with Gasteiger partial charge in [-0.1, -0.05) is 19.9 Å². The topological polar surface area (TPSA) is 97.8 Å². The molecule has 2 bridgehead atoms. The lowest BCUT2D eigenvalue weighted by atomic mass is 9.66. The minimum Gasteiger partial charge on any atom is -0.443 e. The molecule has 1 saturated carbocycles. The lowest BCUT2D eigenvalue weighted by molar-refractivity contribution is -0.00824. The highest BCUT2D eigenvalue weighted by Crippen LogP contribution is 2.69. The molecule has 1 aromatic carbocycles. The molecule has 2 aliphatic carbocycles. The average Bonchev–Trinajstić information content (AvgIpc) is 3.52. The summed E-state index contributed by atoms with van der Waals surface area (Å²) in [6, 6.07) is 5.37. The lowest BCUT2D eigenvalue weighted by Gasteiger charge is -2.37. The number of aliphatic hydroxyl groups excluding tert-OH is 1. The second kappa shape index (κ2) is 8.14. The van der Waals surface area contributed by atoms with Crippen LogP contribution in [0.2, 0.25) is 0 Å². The smallest absolute Gasteiger partial charge is 0.269 e. The minimum absolute atomic E-state index is 0.0339. The standard InChI is InChI=1S/C26H21F4N5O2/c1-25(2)13-6-7-26(25,22-12(13)8-16(34-35-22)20-14(27)4-3-5-15(20)28)19-10-31-9-17(32-19)24-33-18(11-37-24)21(36)23(29)30/h3-5,8-11,13,21,23,36H,6-7H2,1-2H3/t13-,21?,26+/m0/s1. The van der Waals surface area contributed by atoms with E-state index < -0.39 is 35.0 Å². The number of rotatable bonds is 5. The Morgan fingerprint density at radius 3 is 2.54 bits per heavy atom. The molecular formula is C26H21F4N5O2. The van der Waals surface area contributed by atoms with Crippen molar-refractivity contribution in [2.75, 3.05) is 0 Å². The maximum atomic E-state index is 14.5. The van der Waals surface area contributed by atoms with Crippen LogP contribution in [0, 0.1) is 17.0 Å². The predicted octanol–water partition coefficient (Wildman–Crippen LogP) is 5.37. The van der Waals surface area contributed by atoms with E-state index in [2.05, 4.69) is 34.0 Å². The summed E-state index contributed by atoms with van der Waals surface area (Å²) in [7, 11) is 0. The van der Waals surface area contributed by atoms with E-state index in [4.69, 9.17) is 9.40 Å². The molecule has 0 spiro atoms. The summed E-state index contributed by atoms with van der Waals surface area (Å²) in [5.74, 6) is -1.45. The molecule has 3 aromatic heterocycles. The number of hydrogen-bond donors (Lipinski definition) is 1. The van der Waals surface area contributed by atoms with E-state index in [1.54, 1.807) is 12.3 Å². The van der Waals surface area contributed by atoms with Gasteiger partial charge in [0.1, 0.15) is 29.3 Å². The van der Waals surface area contributed by atoms with Crippen molar-refractivity contribution in [2.45, 2.75) is 50.6 Å². The molecule has 11 heteroatoms. The summed E-state index contributed by atoms with van der Waals surface area (Å²) < 4.78 is 60.0. The Balaban J connectivity index is 1.46. The van der Waals surface area contributed by atoms with Gasteiger partial charge in [0.05, 0.1) is 34.3 Å². The SMILES string of the molecule is CC1(C)[C@H]2CC[C@@]1(c1cncc(-c3nc(C(O)C(F)F)co3)n1)c1nnc(-c3c(F)cccc3F)cc12. The highest BCUT2D eigenvalue weighted by atomic mass is 19.3. The molecule has 0 radical (unpaired) electrons. The molecule has 3 heterocycles. The van der Waals surface area contributed by atoms with Gasteiger partial charge in [-0.05, 0) is 47.9 Å². The first-order chi connectivity index (χ1) is 17.6. The normalized spacial score (nSPS) is 22.4. The third-order valence-electron chi connectivity index (χ3n) is 7.96. The summed E-state index contributed by atoms with van der Waals surface area (Å²) >= 11 is 0. The van der Waals surface area contributed by atoms with Crippen molar-refractivity contribution in [1.82, 2.24) is 25.1 Å². The minimum atomic E-state index is -3.01. The Kier molecular flexibility index (Phi) is 5.20. The number of fused-ring (bicyclic) bond motifs is 5. The number of aromatic nitrogens is 5. The maximum Gasteiger partial charge on any atom is 0.269 e. The molecule has 0 saturated heterocycles. The highest BCUT2D eigenvalue weighted by molar-refractivity contribution is 5.64. The second-order valence-electron chi connectivity index (χ2n) is 9.99. The van der Waals surface area contributed by atoms with Crippen LogP contribution in [0.3, 0.4) is 0 Å².